The van der Waals surface area contributed by atoms with E-state index in [1.165, 1.54) is 0 Å². The smallest absolute Gasteiger partial charge is 0.258 e. The largest absolute Gasteiger partial charge is 0.379 e. The third kappa shape index (κ3) is 3.90. The van der Waals surface area contributed by atoms with E-state index in [4.69, 9.17) is 15.0 Å². The Labute approximate surface area is 133 Å². The standard InChI is InChI=1S/C15H20BrN3O2/c1-4-7-20-9-15(3,17)14-18-13(21-19-14)11-5-6-12(16)10(2)8-11/h5-6,8H,4,7,9,17H2,1-3H3. The van der Waals surface area contributed by atoms with Gasteiger partial charge in [0.25, 0.3) is 5.89 Å². The number of ether oxygens (including phenoxy) is 1. The van der Waals surface area contributed by atoms with Crippen LogP contribution in [-0.4, -0.2) is 23.4 Å². The van der Waals surface area contributed by atoms with Crippen molar-refractivity contribution in [3.05, 3.63) is 34.1 Å². The molecule has 5 nitrogen and oxygen atoms in total. The molecule has 2 N–H and O–H groups in total. The molecule has 21 heavy (non-hydrogen) atoms. The Kier molecular flexibility index (Phi) is 5.13. The quantitative estimate of drug-likeness (QED) is 0.805. The predicted octanol–water partition coefficient (Wildman–Crippen LogP) is 3.41. The summed E-state index contributed by atoms with van der Waals surface area (Å²) >= 11 is 3.47. The van der Waals surface area contributed by atoms with E-state index in [1.54, 1.807) is 0 Å². The molecule has 2 rings (SSSR count). The van der Waals surface area contributed by atoms with Gasteiger partial charge in [-0.3, -0.25) is 0 Å². The van der Waals surface area contributed by atoms with Crippen LogP contribution in [0.2, 0.25) is 0 Å². The normalized spacial score (nSPS) is 14.1. The van der Waals surface area contributed by atoms with Crippen LogP contribution in [0.15, 0.2) is 27.2 Å². The van der Waals surface area contributed by atoms with Crippen molar-refractivity contribution < 1.29 is 9.26 Å². The fraction of sp³-hybridized carbons (Fsp3) is 0.467. The monoisotopic (exact) mass is 353 g/mol. The number of hydrogen-bond acceptors (Lipinski definition) is 5. The third-order valence-electron chi connectivity index (χ3n) is 3.09. The highest BCUT2D eigenvalue weighted by Gasteiger charge is 2.28. The van der Waals surface area contributed by atoms with Gasteiger partial charge in [-0.25, -0.2) is 0 Å². The zero-order valence-electron chi connectivity index (χ0n) is 12.5. The number of aromatic nitrogens is 2. The van der Waals surface area contributed by atoms with Crippen LogP contribution in [0.25, 0.3) is 11.5 Å². The first-order chi connectivity index (χ1) is 9.94. The first-order valence-corrected chi connectivity index (χ1v) is 7.70. The predicted molar refractivity (Wildman–Crippen MR) is 84.8 cm³/mol. The lowest BCUT2D eigenvalue weighted by molar-refractivity contribution is 0.0867. The summed E-state index contributed by atoms with van der Waals surface area (Å²) in [5.74, 6) is 0.918. The van der Waals surface area contributed by atoms with Crippen molar-refractivity contribution in [2.75, 3.05) is 13.2 Å². The van der Waals surface area contributed by atoms with E-state index >= 15 is 0 Å². The van der Waals surface area contributed by atoms with Crippen LogP contribution in [0.1, 0.15) is 31.7 Å². The van der Waals surface area contributed by atoms with Gasteiger partial charge in [-0.15, -0.1) is 0 Å². The zero-order chi connectivity index (χ0) is 15.5. The van der Waals surface area contributed by atoms with Gasteiger partial charge in [-0.2, -0.15) is 4.98 Å². The van der Waals surface area contributed by atoms with Crippen molar-refractivity contribution in [3.8, 4) is 11.5 Å². The third-order valence-corrected chi connectivity index (χ3v) is 3.98. The molecule has 0 fully saturated rings. The van der Waals surface area contributed by atoms with Crippen LogP contribution in [0.4, 0.5) is 0 Å². The number of aryl methyl sites for hydroxylation is 1. The first-order valence-electron chi connectivity index (χ1n) is 6.91. The lowest BCUT2D eigenvalue weighted by Crippen LogP contribution is -2.39. The number of benzene rings is 1. The molecule has 1 aromatic heterocycles. The number of nitrogens with two attached hydrogens (primary N) is 1. The van der Waals surface area contributed by atoms with Crippen LogP contribution in [0.5, 0.6) is 0 Å². The molecule has 1 aromatic carbocycles. The molecule has 114 valence electrons. The number of rotatable bonds is 6. The molecule has 0 amide bonds. The average molecular weight is 354 g/mol. The zero-order valence-corrected chi connectivity index (χ0v) is 14.1. The molecule has 0 saturated heterocycles. The highest BCUT2D eigenvalue weighted by molar-refractivity contribution is 9.10. The van der Waals surface area contributed by atoms with Crippen molar-refractivity contribution >= 4 is 15.9 Å². The van der Waals surface area contributed by atoms with Gasteiger partial charge in [0.2, 0.25) is 0 Å². The summed E-state index contributed by atoms with van der Waals surface area (Å²) in [5, 5.41) is 3.99. The highest BCUT2D eigenvalue weighted by Crippen LogP contribution is 2.25. The molecule has 6 heteroatoms. The molecular weight excluding hydrogens is 334 g/mol. The Bertz CT molecular complexity index is 611. The van der Waals surface area contributed by atoms with Gasteiger partial charge in [0.15, 0.2) is 5.82 Å². The van der Waals surface area contributed by atoms with Gasteiger partial charge in [0.05, 0.1) is 6.61 Å². The van der Waals surface area contributed by atoms with Crippen molar-refractivity contribution in [2.45, 2.75) is 32.7 Å². The summed E-state index contributed by atoms with van der Waals surface area (Å²) < 4.78 is 11.9. The second-order valence-electron chi connectivity index (χ2n) is 5.36. The van der Waals surface area contributed by atoms with Crippen molar-refractivity contribution in [2.24, 2.45) is 5.73 Å². The molecule has 0 spiro atoms. The lowest BCUT2D eigenvalue weighted by atomic mass is 10.1. The van der Waals surface area contributed by atoms with E-state index in [0.29, 0.717) is 24.9 Å². The summed E-state index contributed by atoms with van der Waals surface area (Å²) in [5.41, 5.74) is 7.42. The average Bonchev–Trinajstić information content (AvgIpc) is 2.92. The molecule has 1 atom stereocenters. The number of nitrogens with zero attached hydrogens (tertiary/aromatic N) is 2. The second kappa shape index (κ2) is 6.68. The van der Waals surface area contributed by atoms with Gasteiger partial charge < -0.3 is 15.0 Å². The van der Waals surface area contributed by atoms with E-state index in [2.05, 4.69) is 33.0 Å². The molecule has 0 radical (unpaired) electrons. The Morgan fingerprint density at radius 1 is 1.43 bits per heavy atom. The van der Waals surface area contributed by atoms with E-state index in [-0.39, 0.29) is 0 Å². The van der Waals surface area contributed by atoms with Crippen molar-refractivity contribution in [1.82, 2.24) is 10.1 Å². The summed E-state index contributed by atoms with van der Waals surface area (Å²) in [6.45, 7) is 6.93. The number of hydrogen-bond donors (Lipinski definition) is 1. The minimum absolute atomic E-state index is 0.360. The summed E-state index contributed by atoms with van der Waals surface area (Å²) in [6, 6.07) is 5.87. The van der Waals surface area contributed by atoms with Crippen LogP contribution < -0.4 is 5.73 Å². The topological polar surface area (TPSA) is 74.2 Å². The van der Waals surface area contributed by atoms with Gasteiger partial charge >= 0.3 is 0 Å². The Morgan fingerprint density at radius 3 is 2.86 bits per heavy atom. The minimum atomic E-state index is -0.763. The highest BCUT2D eigenvalue weighted by atomic mass is 79.9. The van der Waals surface area contributed by atoms with E-state index in [1.807, 2.05) is 32.0 Å². The van der Waals surface area contributed by atoms with Crippen LogP contribution in [0.3, 0.4) is 0 Å². The molecule has 2 aromatic rings. The molecule has 1 unspecified atom stereocenters. The molecular formula is C15H20BrN3O2. The molecule has 0 aliphatic carbocycles. The Hall–Kier alpha value is -1.24. The van der Waals surface area contributed by atoms with E-state index in [0.717, 1.165) is 22.0 Å². The van der Waals surface area contributed by atoms with Crippen LogP contribution in [0, 0.1) is 6.92 Å². The minimum Gasteiger partial charge on any atom is -0.379 e. The fourth-order valence-corrected chi connectivity index (χ4v) is 2.09. The van der Waals surface area contributed by atoms with Crippen LogP contribution >= 0.6 is 15.9 Å². The maximum atomic E-state index is 6.21. The van der Waals surface area contributed by atoms with Gasteiger partial charge in [0.1, 0.15) is 5.54 Å². The molecule has 0 bridgehead atoms. The molecule has 0 aliphatic rings. The van der Waals surface area contributed by atoms with Crippen molar-refractivity contribution in [3.63, 3.8) is 0 Å². The molecule has 0 aliphatic heterocycles. The first kappa shape index (κ1) is 16.1. The molecule has 1 heterocycles. The van der Waals surface area contributed by atoms with Gasteiger partial charge in [-0.1, -0.05) is 28.0 Å². The van der Waals surface area contributed by atoms with Gasteiger partial charge in [0, 0.05) is 16.6 Å². The lowest BCUT2D eigenvalue weighted by Gasteiger charge is -2.19. The Morgan fingerprint density at radius 2 is 2.19 bits per heavy atom. The summed E-state index contributed by atoms with van der Waals surface area (Å²) in [4.78, 5) is 4.40. The fourth-order valence-electron chi connectivity index (χ4n) is 1.84. The van der Waals surface area contributed by atoms with Gasteiger partial charge in [-0.05, 0) is 44.0 Å². The second-order valence-corrected chi connectivity index (χ2v) is 6.21. The summed E-state index contributed by atoms with van der Waals surface area (Å²) in [7, 11) is 0. The van der Waals surface area contributed by atoms with Crippen molar-refractivity contribution in [1.29, 1.82) is 0 Å². The maximum Gasteiger partial charge on any atom is 0.258 e. The number of halogens is 1. The van der Waals surface area contributed by atoms with Crippen LogP contribution in [-0.2, 0) is 10.3 Å². The SMILES string of the molecule is CCCOCC(C)(N)c1noc(-c2ccc(Br)c(C)c2)n1. The summed E-state index contributed by atoms with van der Waals surface area (Å²) in [6.07, 6.45) is 0.950. The van der Waals surface area contributed by atoms with E-state index < -0.39 is 5.54 Å². The molecule has 0 saturated carbocycles. The van der Waals surface area contributed by atoms with E-state index in [9.17, 15) is 0 Å². The maximum absolute atomic E-state index is 6.21. The Balaban J connectivity index is 2.18.